The molecule has 1 rings (SSSR count). The molecule has 96 valence electrons. The molecule has 6 heteroatoms. The lowest BCUT2D eigenvalue weighted by molar-refractivity contribution is -0.153. The smallest absolute Gasteiger partial charge is 0.307 e. The molecule has 0 aromatic rings. The fourth-order valence-corrected chi connectivity index (χ4v) is 3.63. The maximum atomic E-state index is 11.1. The molecule has 2 N–H and O–H groups in total. The maximum absolute atomic E-state index is 11.1. The second-order valence-corrected chi connectivity index (χ2v) is 8.84. The Labute approximate surface area is 101 Å². The molecule has 0 aliphatic heterocycles. The van der Waals surface area contributed by atoms with Crippen molar-refractivity contribution < 1.29 is 24.2 Å². The molecule has 0 amide bonds. The molecule has 0 spiro atoms. The molecule has 1 aliphatic carbocycles. The van der Waals surface area contributed by atoms with E-state index >= 15 is 0 Å². The van der Waals surface area contributed by atoms with Crippen LogP contribution in [0.1, 0.15) is 12.8 Å². The zero-order valence-electron chi connectivity index (χ0n) is 10.3. The summed E-state index contributed by atoms with van der Waals surface area (Å²) in [5.41, 5.74) is 0. The van der Waals surface area contributed by atoms with Gasteiger partial charge in [-0.3, -0.25) is 9.59 Å². The topological polar surface area (TPSA) is 83.8 Å². The van der Waals surface area contributed by atoms with Crippen LogP contribution < -0.4 is 0 Å². The first-order valence-corrected chi connectivity index (χ1v) is 8.40. The van der Waals surface area contributed by atoms with Crippen molar-refractivity contribution in [2.45, 2.75) is 25.9 Å². The normalized spacial score (nSPS) is 25.2. The van der Waals surface area contributed by atoms with Crippen molar-refractivity contribution in [2.24, 2.45) is 11.8 Å². The Morgan fingerprint density at radius 1 is 1.29 bits per heavy atom. The summed E-state index contributed by atoms with van der Waals surface area (Å²) in [6.45, 7) is 3.97. The van der Waals surface area contributed by atoms with Crippen molar-refractivity contribution in [3.63, 3.8) is 0 Å². The first-order valence-electron chi connectivity index (χ1n) is 5.50. The van der Waals surface area contributed by atoms with Crippen molar-refractivity contribution in [3.05, 3.63) is 11.3 Å². The number of carbonyl (C=O) groups is 2. The molecule has 17 heavy (non-hydrogen) atoms. The van der Waals surface area contributed by atoms with E-state index in [9.17, 15) is 9.59 Å². The molecule has 2 unspecified atom stereocenters. The summed E-state index contributed by atoms with van der Waals surface area (Å²) in [6.07, 6.45) is 2.43. The Bertz CT molecular complexity index is 361. The van der Waals surface area contributed by atoms with Crippen LogP contribution in [-0.4, -0.2) is 37.6 Å². The van der Waals surface area contributed by atoms with Crippen molar-refractivity contribution in [1.29, 1.82) is 0 Å². The van der Waals surface area contributed by atoms with Gasteiger partial charge < -0.3 is 14.6 Å². The van der Waals surface area contributed by atoms with Crippen LogP contribution in [0.5, 0.6) is 0 Å². The summed E-state index contributed by atoms with van der Waals surface area (Å²) in [5.74, 6) is -3.74. The average Bonchev–Trinajstić information content (AvgIpc) is 2.28. The highest BCUT2D eigenvalue weighted by Crippen LogP contribution is 2.34. The molecule has 5 nitrogen and oxygen atoms in total. The monoisotopic (exact) mass is 258 g/mol. The average molecular weight is 258 g/mol. The maximum Gasteiger partial charge on any atom is 0.307 e. The van der Waals surface area contributed by atoms with Gasteiger partial charge in [-0.15, -0.1) is 0 Å². The minimum absolute atomic E-state index is 0.279. The number of carboxylic acid groups (broad SMARTS) is 2. The van der Waals surface area contributed by atoms with Gasteiger partial charge in [-0.05, 0) is 25.9 Å². The molecule has 0 heterocycles. The first-order chi connectivity index (χ1) is 7.79. The Balaban J connectivity index is 2.97. The molecule has 0 bridgehead atoms. The summed E-state index contributed by atoms with van der Waals surface area (Å²) >= 11 is 0. The molecule has 0 saturated heterocycles. The lowest BCUT2D eigenvalue weighted by atomic mass is 9.83. The highest BCUT2D eigenvalue weighted by atomic mass is 28.4. The summed E-state index contributed by atoms with van der Waals surface area (Å²) < 4.78 is 5.43. The van der Waals surface area contributed by atoms with E-state index in [1.54, 1.807) is 7.11 Å². The fourth-order valence-electron chi connectivity index (χ4n) is 2.05. The molecule has 0 aromatic heterocycles. The van der Waals surface area contributed by atoms with E-state index in [0.717, 1.165) is 5.20 Å². The van der Waals surface area contributed by atoms with Gasteiger partial charge >= 0.3 is 11.9 Å². The molecule has 0 saturated carbocycles. The standard InChI is InChI=1S/C11H18O5Si/c1-16-17(2,3)7-4-5-8(10(12)13)9(6-7)11(14)15/h4,8-9H,5-6H2,1-3H3,(H,12,13)(H,14,15). The number of carboxylic acids is 2. The zero-order valence-corrected chi connectivity index (χ0v) is 11.3. The minimum Gasteiger partial charge on any atom is -0.481 e. The van der Waals surface area contributed by atoms with Crippen LogP contribution in [0.25, 0.3) is 0 Å². The van der Waals surface area contributed by atoms with Crippen molar-refractivity contribution in [1.82, 2.24) is 0 Å². The SMILES string of the molecule is CO[Si](C)(C)C1=CCC(C(=O)O)C(C(=O)O)C1. The molecular weight excluding hydrogens is 240 g/mol. The van der Waals surface area contributed by atoms with E-state index in [2.05, 4.69) is 0 Å². The Morgan fingerprint density at radius 2 is 1.82 bits per heavy atom. The Hall–Kier alpha value is -1.14. The van der Waals surface area contributed by atoms with E-state index in [-0.39, 0.29) is 6.42 Å². The van der Waals surface area contributed by atoms with Gasteiger partial charge in [0.2, 0.25) is 8.32 Å². The van der Waals surface area contributed by atoms with E-state index in [1.165, 1.54) is 0 Å². The van der Waals surface area contributed by atoms with Crippen LogP contribution in [0.3, 0.4) is 0 Å². The molecule has 1 aliphatic rings. The predicted octanol–water partition coefficient (Wildman–Crippen LogP) is 1.50. The lowest BCUT2D eigenvalue weighted by Crippen LogP contribution is -2.39. The third-order valence-corrected chi connectivity index (χ3v) is 6.44. The second kappa shape index (κ2) is 5.01. The molecule has 0 fully saturated rings. The van der Waals surface area contributed by atoms with Crippen LogP contribution in [-0.2, 0) is 14.0 Å². The van der Waals surface area contributed by atoms with Crippen LogP contribution in [0, 0.1) is 11.8 Å². The van der Waals surface area contributed by atoms with Gasteiger partial charge in [0.25, 0.3) is 0 Å². The van der Waals surface area contributed by atoms with Gasteiger partial charge in [0.1, 0.15) is 0 Å². The largest absolute Gasteiger partial charge is 0.481 e. The highest BCUT2D eigenvalue weighted by Gasteiger charge is 2.40. The van der Waals surface area contributed by atoms with Crippen molar-refractivity contribution in [2.75, 3.05) is 7.11 Å². The van der Waals surface area contributed by atoms with Crippen LogP contribution in [0.15, 0.2) is 11.3 Å². The first kappa shape index (κ1) is 13.9. The summed E-state index contributed by atoms with van der Waals surface area (Å²) in [6, 6.07) is 0. The molecule has 0 radical (unpaired) electrons. The number of hydrogen-bond donors (Lipinski definition) is 2. The fraction of sp³-hybridized carbons (Fsp3) is 0.636. The third kappa shape index (κ3) is 2.95. The quantitative estimate of drug-likeness (QED) is 0.746. The minimum atomic E-state index is -2.02. The van der Waals surface area contributed by atoms with Gasteiger partial charge in [-0.2, -0.15) is 0 Å². The van der Waals surface area contributed by atoms with Crippen LogP contribution in [0.4, 0.5) is 0 Å². The summed E-state index contributed by atoms with van der Waals surface area (Å²) in [5, 5.41) is 19.1. The van der Waals surface area contributed by atoms with E-state index < -0.39 is 32.1 Å². The van der Waals surface area contributed by atoms with Gasteiger partial charge in [-0.25, -0.2) is 0 Å². The Kier molecular flexibility index (Phi) is 4.10. The van der Waals surface area contributed by atoms with E-state index in [1.807, 2.05) is 19.2 Å². The van der Waals surface area contributed by atoms with Crippen LogP contribution in [0.2, 0.25) is 13.1 Å². The van der Waals surface area contributed by atoms with Gasteiger partial charge in [0, 0.05) is 7.11 Å². The van der Waals surface area contributed by atoms with Crippen molar-refractivity contribution in [3.8, 4) is 0 Å². The third-order valence-electron chi connectivity index (χ3n) is 3.46. The summed E-state index contributed by atoms with van der Waals surface area (Å²) in [4.78, 5) is 22.1. The number of allylic oxidation sites excluding steroid dienone is 2. The predicted molar refractivity (Wildman–Crippen MR) is 64.1 cm³/mol. The van der Waals surface area contributed by atoms with Gasteiger partial charge in [0.15, 0.2) is 0 Å². The second-order valence-electron chi connectivity index (χ2n) is 4.77. The summed E-state index contributed by atoms with van der Waals surface area (Å²) in [7, 11) is -0.406. The van der Waals surface area contributed by atoms with Gasteiger partial charge in [0.05, 0.1) is 11.8 Å². The number of hydrogen-bond acceptors (Lipinski definition) is 3. The van der Waals surface area contributed by atoms with Crippen molar-refractivity contribution >= 4 is 20.3 Å². The molecule has 2 atom stereocenters. The zero-order chi connectivity index (χ0) is 13.2. The van der Waals surface area contributed by atoms with E-state index in [4.69, 9.17) is 14.6 Å². The molecule has 0 aromatic carbocycles. The van der Waals surface area contributed by atoms with Crippen LogP contribution >= 0.6 is 0 Å². The number of rotatable bonds is 4. The highest BCUT2D eigenvalue weighted by molar-refractivity contribution is 6.78. The van der Waals surface area contributed by atoms with E-state index in [0.29, 0.717) is 6.42 Å². The molecular formula is C11H18O5Si. The Morgan fingerprint density at radius 3 is 2.24 bits per heavy atom. The number of aliphatic carboxylic acids is 2. The lowest BCUT2D eigenvalue weighted by Gasteiger charge is -2.32. The van der Waals surface area contributed by atoms with Gasteiger partial charge in [-0.1, -0.05) is 11.3 Å².